The topological polar surface area (TPSA) is 66.5 Å². The van der Waals surface area contributed by atoms with Crippen LogP contribution in [0.25, 0.3) is 0 Å². The lowest BCUT2D eigenvalue weighted by atomic mass is 10.2. The minimum Gasteiger partial charge on any atom is -0.319 e. The van der Waals surface area contributed by atoms with E-state index in [0.717, 1.165) is 4.31 Å². The molecule has 3 aromatic rings. The van der Waals surface area contributed by atoms with Crippen molar-refractivity contribution in [1.82, 2.24) is 0 Å². The second kappa shape index (κ2) is 8.22. The summed E-state index contributed by atoms with van der Waals surface area (Å²) in [6.45, 7) is 0. The fraction of sp³-hybridized carbons (Fsp3) is 0.0500. The number of benzene rings is 3. The first-order chi connectivity index (χ1) is 13.3. The van der Waals surface area contributed by atoms with Crippen molar-refractivity contribution in [1.29, 1.82) is 0 Å². The highest BCUT2D eigenvalue weighted by Crippen LogP contribution is 2.30. The quantitative estimate of drug-likeness (QED) is 0.609. The summed E-state index contributed by atoms with van der Waals surface area (Å²) >= 11 is 12.1. The number of hydrogen-bond donors (Lipinski definition) is 1. The summed E-state index contributed by atoms with van der Waals surface area (Å²) in [5, 5.41) is 3.32. The van der Waals surface area contributed by atoms with E-state index in [1.54, 1.807) is 48.5 Å². The zero-order valence-electron chi connectivity index (χ0n) is 14.8. The second-order valence-electron chi connectivity index (χ2n) is 5.88. The first-order valence-corrected chi connectivity index (χ1v) is 10.4. The van der Waals surface area contributed by atoms with E-state index in [-0.39, 0.29) is 4.90 Å². The van der Waals surface area contributed by atoms with E-state index in [2.05, 4.69) is 5.32 Å². The van der Waals surface area contributed by atoms with Crippen LogP contribution in [0, 0.1) is 0 Å². The van der Waals surface area contributed by atoms with Crippen LogP contribution < -0.4 is 9.62 Å². The molecular weight excluding hydrogens is 419 g/mol. The number of halogens is 2. The van der Waals surface area contributed by atoms with Gasteiger partial charge in [0.05, 0.1) is 26.3 Å². The molecule has 0 atom stereocenters. The van der Waals surface area contributed by atoms with Gasteiger partial charge in [-0.15, -0.1) is 0 Å². The predicted octanol–water partition coefficient (Wildman–Crippen LogP) is 5.07. The summed E-state index contributed by atoms with van der Waals surface area (Å²) in [6.07, 6.45) is 0. The second-order valence-corrected chi connectivity index (χ2v) is 8.67. The Hall–Kier alpha value is -2.54. The molecule has 28 heavy (non-hydrogen) atoms. The summed E-state index contributed by atoms with van der Waals surface area (Å²) < 4.78 is 26.5. The lowest BCUT2D eigenvalue weighted by molar-refractivity contribution is 0.102. The summed E-state index contributed by atoms with van der Waals surface area (Å²) in [5.74, 6) is -0.407. The molecule has 0 unspecified atom stereocenters. The molecule has 0 spiro atoms. The van der Waals surface area contributed by atoms with Gasteiger partial charge < -0.3 is 5.32 Å². The van der Waals surface area contributed by atoms with E-state index in [1.165, 1.54) is 31.3 Å². The van der Waals surface area contributed by atoms with Crippen LogP contribution in [0.3, 0.4) is 0 Å². The Morgan fingerprint density at radius 2 is 1.43 bits per heavy atom. The van der Waals surface area contributed by atoms with Gasteiger partial charge in [0.15, 0.2) is 0 Å². The molecule has 0 aromatic heterocycles. The molecule has 0 aliphatic heterocycles. The zero-order chi connectivity index (χ0) is 20.3. The van der Waals surface area contributed by atoms with Crippen LogP contribution in [0.15, 0.2) is 77.7 Å². The smallest absolute Gasteiger partial charge is 0.264 e. The molecule has 1 amide bonds. The van der Waals surface area contributed by atoms with Gasteiger partial charge in [-0.05, 0) is 48.5 Å². The lowest BCUT2D eigenvalue weighted by Gasteiger charge is -2.19. The molecule has 0 aliphatic rings. The predicted molar refractivity (Wildman–Crippen MR) is 113 cm³/mol. The van der Waals surface area contributed by atoms with Crippen molar-refractivity contribution in [2.45, 2.75) is 4.90 Å². The number of anilines is 2. The average Bonchev–Trinajstić information content (AvgIpc) is 2.71. The van der Waals surface area contributed by atoms with Crippen molar-refractivity contribution >= 4 is 50.5 Å². The fourth-order valence-corrected chi connectivity index (χ4v) is 4.22. The van der Waals surface area contributed by atoms with Crippen molar-refractivity contribution < 1.29 is 13.2 Å². The zero-order valence-corrected chi connectivity index (χ0v) is 17.1. The summed E-state index contributed by atoms with van der Waals surface area (Å²) in [7, 11) is -2.23. The summed E-state index contributed by atoms with van der Waals surface area (Å²) in [6, 6.07) is 19.2. The molecule has 0 heterocycles. The van der Waals surface area contributed by atoms with E-state index in [9.17, 15) is 13.2 Å². The number of nitrogens with zero attached hydrogens (tertiary/aromatic N) is 1. The maximum absolute atomic E-state index is 12.7. The van der Waals surface area contributed by atoms with Crippen molar-refractivity contribution in [3.63, 3.8) is 0 Å². The molecule has 8 heteroatoms. The Bertz CT molecular complexity index is 1080. The minimum absolute atomic E-state index is 0.188. The average molecular weight is 435 g/mol. The van der Waals surface area contributed by atoms with Crippen LogP contribution in [-0.4, -0.2) is 21.4 Å². The monoisotopic (exact) mass is 434 g/mol. The summed E-state index contributed by atoms with van der Waals surface area (Å²) in [5.41, 5.74) is 1.09. The standard InChI is InChI=1S/C20H16Cl2N2O3S/c1-24(28(26,27)16-6-3-2-4-7-16)15-12-10-14(11-13-15)20(25)23-19-17(21)8-5-9-18(19)22/h2-13H,1H3,(H,23,25). The number of rotatable bonds is 5. The van der Waals surface area contributed by atoms with Gasteiger partial charge in [0.25, 0.3) is 15.9 Å². The van der Waals surface area contributed by atoms with Gasteiger partial charge in [-0.2, -0.15) is 0 Å². The van der Waals surface area contributed by atoms with Crippen LogP contribution in [0.5, 0.6) is 0 Å². The molecule has 3 rings (SSSR count). The highest BCUT2D eigenvalue weighted by atomic mass is 35.5. The molecule has 0 radical (unpaired) electrons. The molecule has 144 valence electrons. The number of amides is 1. The van der Waals surface area contributed by atoms with Gasteiger partial charge >= 0.3 is 0 Å². The Labute approximate surface area is 173 Å². The van der Waals surface area contributed by atoms with Crippen LogP contribution in [0.4, 0.5) is 11.4 Å². The maximum Gasteiger partial charge on any atom is 0.264 e. The molecule has 0 bridgehead atoms. The van der Waals surface area contributed by atoms with Gasteiger partial charge in [-0.3, -0.25) is 9.10 Å². The highest BCUT2D eigenvalue weighted by Gasteiger charge is 2.21. The first kappa shape index (κ1) is 20.2. The SMILES string of the molecule is CN(c1ccc(C(=O)Nc2c(Cl)cccc2Cl)cc1)S(=O)(=O)c1ccccc1. The van der Waals surface area contributed by atoms with Crippen molar-refractivity contribution in [2.75, 3.05) is 16.7 Å². The Balaban J connectivity index is 1.81. The van der Waals surface area contributed by atoms with Gasteiger partial charge in [0.2, 0.25) is 0 Å². The summed E-state index contributed by atoms with van der Waals surface area (Å²) in [4.78, 5) is 12.6. The van der Waals surface area contributed by atoms with Gasteiger partial charge in [0, 0.05) is 12.6 Å². The molecule has 0 saturated carbocycles. The number of carbonyl (C=O) groups excluding carboxylic acids is 1. The minimum atomic E-state index is -3.69. The van der Waals surface area contributed by atoms with E-state index < -0.39 is 15.9 Å². The van der Waals surface area contributed by atoms with Crippen molar-refractivity contribution in [3.05, 3.63) is 88.4 Å². The number of nitrogens with one attached hydrogen (secondary N) is 1. The van der Waals surface area contributed by atoms with Gasteiger partial charge in [0.1, 0.15) is 0 Å². The largest absolute Gasteiger partial charge is 0.319 e. The number of hydrogen-bond acceptors (Lipinski definition) is 3. The normalized spacial score (nSPS) is 11.1. The number of carbonyl (C=O) groups is 1. The lowest BCUT2D eigenvalue weighted by Crippen LogP contribution is -2.26. The van der Waals surface area contributed by atoms with Crippen molar-refractivity contribution in [3.8, 4) is 0 Å². The van der Waals surface area contributed by atoms with E-state index >= 15 is 0 Å². The van der Waals surface area contributed by atoms with Gasteiger partial charge in [-0.25, -0.2) is 8.42 Å². The first-order valence-electron chi connectivity index (χ1n) is 8.20. The third-order valence-corrected chi connectivity index (χ3v) is 6.53. The van der Waals surface area contributed by atoms with E-state index in [1.807, 2.05) is 0 Å². The van der Waals surface area contributed by atoms with Gasteiger partial charge in [-0.1, -0.05) is 47.5 Å². The van der Waals surface area contributed by atoms with Crippen LogP contribution >= 0.6 is 23.2 Å². The van der Waals surface area contributed by atoms with Crippen LogP contribution in [0.1, 0.15) is 10.4 Å². The van der Waals surface area contributed by atoms with E-state index in [4.69, 9.17) is 23.2 Å². The molecule has 3 aromatic carbocycles. The fourth-order valence-electron chi connectivity index (χ4n) is 2.52. The van der Waals surface area contributed by atoms with Crippen LogP contribution in [0.2, 0.25) is 10.0 Å². The third-order valence-electron chi connectivity index (χ3n) is 4.10. The maximum atomic E-state index is 12.7. The number of para-hydroxylation sites is 1. The van der Waals surface area contributed by atoms with Crippen molar-refractivity contribution in [2.24, 2.45) is 0 Å². The molecule has 1 N–H and O–H groups in total. The van der Waals surface area contributed by atoms with Crippen LogP contribution in [-0.2, 0) is 10.0 Å². The molecular formula is C20H16Cl2N2O3S. The van der Waals surface area contributed by atoms with E-state index in [0.29, 0.717) is 27.0 Å². The molecule has 5 nitrogen and oxygen atoms in total. The third kappa shape index (κ3) is 4.14. The molecule has 0 saturated heterocycles. The Morgan fingerprint density at radius 3 is 2.00 bits per heavy atom. The number of sulfonamides is 1. The molecule has 0 fully saturated rings. The molecule has 0 aliphatic carbocycles. The Morgan fingerprint density at radius 1 is 0.857 bits per heavy atom. The Kier molecular flexibility index (Phi) is 5.93. The highest BCUT2D eigenvalue weighted by molar-refractivity contribution is 7.92.